The lowest BCUT2D eigenvalue weighted by Crippen LogP contribution is -2.51. The van der Waals surface area contributed by atoms with Gasteiger partial charge < -0.3 is 16.2 Å². The van der Waals surface area contributed by atoms with Crippen LogP contribution in [0.3, 0.4) is 0 Å². The van der Waals surface area contributed by atoms with Crippen molar-refractivity contribution >= 4 is 5.91 Å². The summed E-state index contributed by atoms with van der Waals surface area (Å²) in [4.78, 5) is 12.0. The van der Waals surface area contributed by atoms with E-state index < -0.39 is 12.1 Å². The zero-order chi connectivity index (χ0) is 13.7. The number of hydrogen-bond acceptors (Lipinski definition) is 3. The number of benzene rings is 1. The Morgan fingerprint density at radius 1 is 1.32 bits per heavy atom. The average Bonchev–Trinajstić information content (AvgIpc) is 2.42. The first kappa shape index (κ1) is 14.0. The van der Waals surface area contributed by atoms with Crippen LogP contribution in [0.5, 0.6) is 0 Å². The Balaban J connectivity index is 1.85. The summed E-state index contributed by atoms with van der Waals surface area (Å²) < 4.78 is 0. The summed E-state index contributed by atoms with van der Waals surface area (Å²) in [6.45, 7) is 0. The number of aliphatic hydroxyl groups excluding tert-OH is 1. The van der Waals surface area contributed by atoms with Crippen LogP contribution >= 0.6 is 0 Å². The topological polar surface area (TPSA) is 75.4 Å². The second-order valence-electron chi connectivity index (χ2n) is 5.26. The second-order valence-corrected chi connectivity index (χ2v) is 5.26. The van der Waals surface area contributed by atoms with Crippen molar-refractivity contribution in [3.8, 4) is 0 Å². The molecule has 2 rings (SSSR count). The molecule has 0 spiro atoms. The molecule has 0 unspecified atom stereocenters. The number of hydrogen-bond donors (Lipinski definition) is 3. The van der Waals surface area contributed by atoms with Crippen LogP contribution in [0, 0.1) is 0 Å². The minimum absolute atomic E-state index is 0.136. The zero-order valence-corrected chi connectivity index (χ0v) is 11.1. The van der Waals surface area contributed by atoms with E-state index >= 15 is 0 Å². The number of nitrogens with two attached hydrogens (primary N) is 1. The predicted molar refractivity (Wildman–Crippen MR) is 74.5 cm³/mol. The third-order valence-corrected chi connectivity index (χ3v) is 3.69. The van der Waals surface area contributed by atoms with Gasteiger partial charge >= 0.3 is 0 Å². The third-order valence-electron chi connectivity index (χ3n) is 3.69. The number of nitrogens with one attached hydrogen (secondary N) is 1. The molecule has 3 atom stereocenters. The fourth-order valence-electron chi connectivity index (χ4n) is 2.53. The van der Waals surface area contributed by atoms with Gasteiger partial charge in [-0.3, -0.25) is 4.79 Å². The van der Waals surface area contributed by atoms with Crippen LogP contribution in [-0.4, -0.2) is 29.2 Å². The van der Waals surface area contributed by atoms with Crippen molar-refractivity contribution in [2.24, 2.45) is 5.73 Å². The molecule has 0 saturated heterocycles. The summed E-state index contributed by atoms with van der Waals surface area (Å²) in [5.74, 6) is -0.171. The van der Waals surface area contributed by atoms with Gasteiger partial charge in [-0.1, -0.05) is 43.2 Å². The lowest BCUT2D eigenvalue weighted by Gasteiger charge is -2.29. The highest BCUT2D eigenvalue weighted by molar-refractivity contribution is 5.82. The number of amides is 1. The lowest BCUT2D eigenvalue weighted by molar-refractivity contribution is -0.124. The number of rotatable bonds is 4. The van der Waals surface area contributed by atoms with Gasteiger partial charge in [0.25, 0.3) is 0 Å². The highest BCUT2D eigenvalue weighted by Crippen LogP contribution is 2.18. The molecule has 0 heterocycles. The summed E-state index contributed by atoms with van der Waals surface area (Å²) in [7, 11) is 0. The van der Waals surface area contributed by atoms with Crippen LogP contribution in [0.15, 0.2) is 30.3 Å². The van der Waals surface area contributed by atoms with Gasteiger partial charge in [0.2, 0.25) is 5.91 Å². The van der Waals surface area contributed by atoms with Crippen LogP contribution in [-0.2, 0) is 11.2 Å². The maximum atomic E-state index is 12.0. The molecule has 1 aromatic rings. The first-order valence-electron chi connectivity index (χ1n) is 6.95. The Kier molecular flexibility index (Phi) is 4.93. The molecule has 104 valence electrons. The first-order chi connectivity index (χ1) is 9.16. The van der Waals surface area contributed by atoms with Gasteiger partial charge in [0, 0.05) is 0 Å². The van der Waals surface area contributed by atoms with E-state index in [9.17, 15) is 9.90 Å². The van der Waals surface area contributed by atoms with Crippen molar-refractivity contribution in [3.05, 3.63) is 35.9 Å². The third kappa shape index (κ3) is 4.04. The van der Waals surface area contributed by atoms with E-state index in [1.165, 1.54) is 0 Å². The van der Waals surface area contributed by atoms with Crippen LogP contribution in [0.1, 0.15) is 31.2 Å². The predicted octanol–water partition coefficient (Wildman–Crippen LogP) is 0.976. The molecule has 4 nitrogen and oxygen atoms in total. The summed E-state index contributed by atoms with van der Waals surface area (Å²) in [5, 5.41) is 12.7. The molecule has 0 radical (unpaired) electrons. The summed E-state index contributed by atoms with van der Waals surface area (Å²) in [5.41, 5.74) is 6.97. The number of carbonyl (C=O) groups excluding carboxylic acids is 1. The van der Waals surface area contributed by atoms with Crippen molar-refractivity contribution < 1.29 is 9.90 Å². The fraction of sp³-hybridized carbons (Fsp3) is 0.533. The Labute approximate surface area is 114 Å². The van der Waals surface area contributed by atoms with Gasteiger partial charge in [-0.2, -0.15) is 0 Å². The van der Waals surface area contributed by atoms with Gasteiger partial charge in [-0.05, 0) is 24.8 Å². The molecule has 1 aromatic carbocycles. The molecule has 1 saturated carbocycles. The minimum Gasteiger partial charge on any atom is -0.391 e. The normalized spacial score (nSPS) is 24.7. The second kappa shape index (κ2) is 6.68. The monoisotopic (exact) mass is 262 g/mol. The molecular weight excluding hydrogens is 240 g/mol. The summed E-state index contributed by atoms with van der Waals surface area (Å²) in [6.07, 6.45) is 3.78. The van der Waals surface area contributed by atoms with E-state index in [0.717, 1.165) is 31.2 Å². The maximum Gasteiger partial charge on any atom is 0.237 e. The molecule has 19 heavy (non-hydrogen) atoms. The van der Waals surface area contributed by atoms with E-state index in [0.29, 0.717) is 6.42 Å². The van der Waals surface area contributed by atoms with Crippen molar-refractivity contribution in [1.82, 2.24) is 5.32 Å². The van der Waals surface area contributed by atoms with Gasteiger partial charge in [-0.25, -0.2) is 0 Å². The SMILES string of the molecule is N[C@@H](Cc1ccccc1)C(=O)N[C@H]1CCCC[C@@H]1O. The van der Waals surface area contributed by atoms with Crippen LogP contribution in [0.25, 0.3) is 0 Å². The standard InChI is InChI=1S/C15H22N2O2/c16-12(10-11-6-2-1-3-7-11)15(19)17-13-8-4-5-9-14(13)18/h1-3,6-7,12-14,18H,4-5,8-10,16H2,(H,17,19)/t12-,13-,14-/m0/s1. The van der Waals surface area contributed by atoms with Crippen LogP contribution in [0.2, 0.25) is 0 Å². The van der Waals surface area contributed by atoms with Crippen molar-refractivity contribution in [3.63, 3.8) is 0 Å². The molecule has 0 aliphatic heterocycles. The Morgan fingerprint density at radius 3 is 2.68 bits per heavy atom. The quantitative estimate of drug-likeness (QED) is 0.757. The summed E-state index contributed by atoms with van der Waals surface area (Å²) in [6, 6.07) is 9.04. The smallest absolute Gasteiger partial charge is 0.237 e. The lowest BCUT2D eigenvalue weighted by atomic mass is 9.92. The molecule has 1 fully saturated rings. The van der Waals surface area contributed by atoms with Crippen molar-refractivity contribution in [2.75, 3.05) is 0 Å². The van der Waals surface area contributed by atoms with Crippen LogP contribution in [0.4, 0.5) is 0 Å². The number of carbonyl (C=O) groups is 1. The molecule has 4 N–H and O–H groups in total. The van der Waals surface area contributed by atoms with E-state index in [-0.39, 0.29) is 11.9 Å². The van der Waals surface area contributed by atoms with Gasteiger partial charge in [0.15, 0.2) is 0 Å². The first-order valence-corrected chi connectivity index (χ1v) is 6.95. The highest BCUT2D eigenvalue weighted by Gasteiger charge is 2.26. The van der Waals surface area contributed by atoms with Crippen molar-refractivity contribution in [2.45, 2.75) is 50.3 Å². The van der Waals surface area contributed by atoms with E-state index in [1.54, 1.807) is 0 Å². The van der Waals surface area contributed by atoms with Crippen LogP contribution < -0.4 is 11.1 Å². The Morgan fingerprint density at radius 2 is 2.00 bits per heavy atom. The fourth-order valence-corrected chi connectivity index (χ4v) is 2.53. The molecule has 0 aromatic heterocycles. The number of aliphatic hydroxyl groups is 1. The average molecular weight is 262 g/mol. The van der Waals surface area contributed by atoms with Gasteiger partial charge in [0.1, 0.15) is 0 Å². The van der Waals surface area contributed by atoms with E-state index in [2.05, 4.69) is 5.32 Å². The molecule has 0 bridgehead atoms. The van der Waals surface area contributed by atoms with Gasteiger partial charge in [-0.15, -0.1) is 0 Å². The summed E-state index contributed by atoms with van der Waals surface area (Å²) >= 11 is 0. The minimum atomic E-state index is -0.559. The Hall–Kier alpha value is -1.39. The van der Waals surface area contributed by atoms with Gasteiger partial charge in [0.05, 0.1) is 18.2 Å². The van der Waals surface area contributed by atoms with E-state index in [1.807, 2.05) is 30.3 Å². The largest absolute Gasteiger partial charge is 0.391 e. The molecular formula is C15H22N2O2. The zero-order valence-electron chi connectivity index (χ0n) is 11.1. The maximum absolute atomic E-state index is 12.0. The van der Waals surface area contributed by atoms with E-state index in [4.69, 9.17) is 5.73 Å². The highest BCUT2D eigenvalue weighted by atomic mass is 16.3. The molecule has 1 amide bonds. The van der Waals surface area contributed by atoms with Crippen molar-refractivity contribution in [1.29, 1.82) is 0 Å². The molecule has 1 aliphatic carbocycles. The molecule has 1 aliphatic rings. The Bertz CT molecular complexity index is 408. The molecule has 4 heteroatoms.